The Hall–Kier alpha value is -2.29. The van der Waals surface area contributed by atoms with Crippen molar-refractivity contribution >= 4 is 5.97 Å². The maximum Gasteiger partial charge on any atom is 0.345 e. The van der Waals surface area contributed by atoms with Crippen LogP contribution in [0.25, 0.3) is 0 Å². The number of carboxylic acids is 1. The van der Waals surface area contributed by atoms with E-state index in [9.17, 15) is 9.90 Å². The zero-order chi connectivity index (χ0) is 15.8. The minimum Gasteiger partial charge on any atom is -0.478 e. The lowest BCUT2D eigenvalue weighted by molar-refractivity contribution is -0.145. The minimum absolute atomic E-state index is 0.359. The van der Waals surface area contributed by atoms with Crippen LogP contribution in [0.5, 0.6) is 5.75 Å². The molecule has 0 radical (unpaired) electrons. The Bertz CT molecular complexity index is 575. The third-order valence-corrected chi connectivity index (χ3v) is 3.56. The fourth-order valence-electron chi connectivity index (χ4n) is 2.28. The lowest BCUT2D eigenvalue weighted by Gasteiger charge is -2.15. The summed E-state index contributed by atoms with van der Waals surface area (Å²) < 4.78 is 5.58. The van der Waals surface area contributed by atoms with Crippen LogP contribution < -0.4 is 4.74 Å². The van der Waals surface area contributed by atoms with E-state index in [2.05, 4.69) is 19.1 Å². The zero-order valence-corrected chi connectivity index (χ0v) is 12.9. The van der Waals surface area contributed by atoms with Crippen LogP contribution in [-0.4, -0.2) is 17.2 Å². The Kier molecular flexibility index (Phi) is 6.01. The molecule has 0 fully saturated rings. The number of benzene rings is 2. The molecule has 0 aliphatic heterocycles. The lowest BCUT2D eigenvalue weighted by Crippen LogP contribution is -2.29. The Labute approximate surface area is 131 Å². The van der Waals surface area contributed by atoms with Gasteiger partial charge in [-0.05, 0) is 36.1 Å². The predicted molar refractivity (Wildman–Crippen MR) is 87.3 cm³/mol. The van der Waals surface area contributed by atoms with E-state index < -0.39 is 12.1 Å². The first kappa shape index (κ1) is 16.1. The summed E-state index contributed by atoms with van der Waals surface area (Å²) >= 11 is 0. The topological polar surface area (TPSA) is 46.5 Å². The Morgan fingerprint density at radius 1 is 1.05 bits per heavy atom. The molecule has 0 heterocycles. The van der Waals surface area contributed by atoms with E-state index in [1.54, 1.807) is 12.1 Å². The summed E-state index contributed by atoms with van der Waals surface area (Å²) in [6.45, 7) is 2.17. The van der Waals surface area contributed by atoms with Crippen molar-refractivity contribution in [2.45, 2.75) is 38.7 Å². The summed E-state index contributed by atoms with van der Waals surface area (Å²) in [5.74, 6) is -0.367. The van der Waals surface area contributed by atoms with E-state index >= 15 is 0 Å². The van der Waals surface area contributed by atoms with Crippen molar-refractivity contribution in [3.05, 3.63) is 65.7 Å². The second-order valence-corrected chi connectivity index (χ2v) is 5.38. The molecule has 3 heteroatoms. The van der Waals surface area contributed by atoms with Crippen molar-refractivity contribution in [1.82, 2.24) is 0 Å². The van der Waals surface area contributed by atoms with Crippen molar-refractivity contribution in [3.63, 3.8) is 0 Å². The highest BCUT2D eigenvalue weighted by Crippen LogP contribution is 2.15. The molecule has 0 amide bonds. The molecule has 1 atom stereocenters. The molecule has 1 unspecified atom stereocenters. The standard InChI is InChI=1S/C19H22O3/c1-2-3-7-15-10-12-16(13-11-15)14-18(19(20)21)22-17-8-5-4-6-9-17/h4-6,8-13,18H,2-3,7,14H2,1H3,(H,20,21). The van der Waals surface area contributed by atoms with Crippen molar-refractivity contribution < 1.29 is 14.6 Å². The first-order valence-corrected chi connectivity index (χ1v) is 7.71. The normalized spacial score (nSPS) is 11.9. The molecule has 3 nitrogen and oxygen atoms in total. The number of aryl methyl sites for hydroxylation is 1. The second kappa shape index (κ2) is 8.23. The van der Waals surface area contributed by atoms with Crippen LogP contribution >= 0.6 is 0 Å². The average Bonchev–Trinajstić information content (AvgIpc) is 2.54. The molecular weight excluding hydrogens is 276 g/mol. The van der Waals surface area contributed by atoms with Gasteiger partial charge in [0.15, 0.2) is 6.10 Å². The molecule has 2 rings (SSSR count). The van der Waals surface area contributed by atoms with Gasteiger partial charge in [0.2, 0.25) is 0 Å². The fraction of sp³-hybridized carbons (Fsp3) is 0.316. The molecule has 2 aromatic rings. The van der Waals surface area contributed by atoms with Gasteiger partial charge < -0.3 is 9.84 Å². The van der Waals surface area contributed by atoms with Crippen molar-refractivity contribution in [2.24, 2.45) is 0 Å². The molecule has 0 bridgehead atoms. The van der Waals surface area contributed by atoms with Crippen LogP contribution in [-0.2, 0) is 17.6 Å². The molecule has 0 aliphatic carbocycles. The van der Waals surface area contributed by atoms with Gasteiger partial charge >= 0.3 is 5.97 Å². The summed E-state index contributed by atoms with van der Waals surface area (Å²) in [4.78, 5) is 11.4. The van der Waals surface area contributed by atoms with Crippen molar-refractivity contribution in [3.8, 4) is 5.75 Å². The van der Waals surface area contributed by atoms with Crippen LogP contribution in [0, 0.1) is 0 Å². The van der Waals surface area contributed by atoms with Gasteiger partial charge in [-0.25, -0.2) is 4.79 Å². The number of hydrogen-bond acceptors (Lipinski definition) is 2. The molecule has 0 aliphatic rings. The van der Waals surface area contributed by atoms with Gasteiger partial charge in [0, 0.05) is 6.42 Å². The smallest absolute Gasteiger partial charge is 0.345 e. The van der Waals surface area contributed by atoms with Gasteiger partial charge in [0.05, 0.1) is 0 Å². The van der Waals surface area contributed by atoms with Crippen LogP contribution in [0.2, 0.25) is 0 Å². The first-order valence-electron chi connectivity index (χ1n) is 7.71. The maximum atomic E-state index is 11.4. The summed E-state index contributed by atoms with van der Waals surface area (Å²) in [6.07, 6.45) is 2.91. The van der Waals surface area contributed by atoms with Gasteiger partial charge in [0.1, 0.15) is 5.75 Å². The fourth-order valence-corrected chi connectivity index (χ4v) is 2.28. The van der Waals surface area contributed by atoms with Crippen LogP contribution in [0.15, 0.2) is 54.6 Å². The van der Waals surface area contributed by atoms with Crippen LogP contribution in [0.3, 0.4) is 0 Å². The average molecular weight is 298 g/mol. The van der Waals surface area contributed by atoms with Gasteiger partial charge in [0.25, 0.3) is 0 Å². The molecule has 0 saturated heterocycles. The summed E-state index contributed by atoms with van der Waals surface area (Å²) in [6, 6.07) is 17.2. The first-order chi connectivity index (χ1) is 10.7. The molecule has 22 heavy (non-hydrogen) atoms. The predicted octanol–water partition coefficient (Wildman–Crippen LogP) is 4.10. The van der Waals surface area contributed by atoms with Crippen LogP contribution in [0.1, 0.15) is 30.9 Å². The van der Waals surface area contributed by atoms with E-state index in [1.807, 2.05) is 30.3 Å². The molecular formula is C19H22O3. The Balaban J connectivity index is 2.00. The maximum absolute atomic E-state index is 11.4. The number of hydrogen-bond donors (Lipinski definition) is 1. The highest BCUT2D eigenvalue weighted by Gasteiger charge is 2.19. The van der Waals surface area contributed by atoms with Crippen LogP contribution in [0.4, 0.5) is 0 Å². The lowest BCUT2D eigenvalue weighted by atomic mass is 10.0. The third-order valence-electron chi connectivity index (χ3n) is 3.56. The van der Waals surface area contributed by atoms with E-state index in [1.165, 1.54) is 18.4 Å². The number of ether oxygens (including phenoxy) is 1. The Morgan fingerprint density at radius 2 is 1.68 bits per heavy atom. The largest absolute Gasteiger partial charge is 0.478 e. The number of carboxylic acid groups (broad SMARTS) is 1. The molecule has 0 saturated carbocycles. The number of rotatable bonds is 8. The second-order valence-electron chi connectivity index (χ2n) is 5.38. The molecule has 1 N–H and O–H groups in total. The number of carbonyl (C=O) groups is 1. The molecule has 0 aromatic heterocycles. The summed E-state index contributed by atoms with van der Waals surface area (Å²) in [5, 5.41) is 9.34. The molecule has 0 spiro atoms. The van der Waals surface area contributed by atoms with E-state index in [4.69, 9.17) is 4.74 Å². The third kappa shape index (κ3) is 4.92. The Morgan fingerprint density at radius 3 is 2.27 bits per heavy atom. The monoisotopic (exact) mass is 298 g/mol. The van der Waals surface area contributed by atoms with Gasteiger partial charge in [-0.2, -0.15) is 0 Å². The number of para-hydroxylation sites is 1. The quantitative estimate of drug-likeness (QED) is 0.798. The van der Waals surface area contributed by atoms with Gasteiger partial charge in [-0.1, -0.05) is 55.8 Å². The van der Waals surface area contributed by atoms with Gasteiger partial charge in [-0.15, -0.1) is 0 Å². The number of aliphatic carboxylic acids is 1. The van der Waals surface area contributed by atoms with E-state index in [-0.39, 0.29) is 0 Å². The summed E-state index contributed by atoms with van der Waals surface area (Å²) in [5.41, 5.74) is 2.27. The molecule has 2 aromatic carbocycles. The highest BCUT2D eigenvalue weighted by atomic mass is 16.5. The summed E-state index contributed by atoms with van der Waals surface area (Å²) in [7, 11) is 0. The highest BCUT2D eigenvalue weighted by molar-refractivity contribution is 5.73. The zero-order valence-electron chi connectivity index (χ0n) is 12.9. The van der Waals surface area contributed by atoms with E-state index in [0.29, 0.717) is 12.2 Å². The number of unbranched alkanes of at least 4 members (excludes halogenated alkanes) is 1. The van der Waals surface area contributed by atoms with E-state index in [0.717, 1.165) is 12.0 Å². The molecule has 116 valence electrons. The minimum atomic E-state index is -0.945. The van der Waals surface area contributed by atoms with Gasteiger partial charge in [-0.3, -0.25) is 0 Å². The van der Waals surface area contributed by atoms with Crippen molar-refractivity contribution in [1.29, 1.82) is 0 Å². The van der Waals surface area contributed by atoms with Crippen molar-refractivity contribution in [2.75, 3.05) is 0 Å². The SMILES string of the molecule is CCCCc1ccc(CC(Oc2ccccc2)C(=O)O)cc1.